The minimum Gasteiger partial charge on any atom is -0.490 e. The van der Waals surface area contributed by atoms with E-state index in [0.717, 1.165) is 15.8 Å². The summed E-state index contributed by atoms with van der Waals surface area (Å²) in [4.78, 5) is 20.9. The number of rotatable bonds is 11. The summed E-state index contributed by atoms with van der Waals surface area (Å²) < 4.78 is 18.6. The van der Waals surface area contributed by atoms with Crippen LogP contribution in [0.3, 0.4) is 0 Å². The van der Waals surface area contributed by atoms with Gasteiger partial charge in [0.15, 0.2) is 16.6 Å². The van der Waals surface area contributed by atoms with Crippen molar-refractivity contribution in [1.82, 2.24) is 4.98 Å². The van der Waals surface area contributed by atoms with Crippen LogP contribution in [-0.2, 0) is 6.54 Å². The van der Waals surface area contributed by atoms with Crippen molar-refractivity contribution in [3.05, 3.63) is 77.4 Å². The van der Waals surface area contributed by atoms with Crippen LogP contribution in [0.5, 0.6) is 17.2 Å². The number of aromatic nitrogens is 1. The number of hydrogen-bond donors (Lipinski definition) is 0. The van der Waals surface area contributed by atoms with Gasteiger partial charge in [0.2, 0.25) is 5.75 Å². The van der Waals surface area contributed by atoms with Gasteiger partial charge in [-0.25, -0.2) is 4.98 Å². The molecule has 7 heteroatoms. The van der Waals surface area contributed by atoms with Crippen molar-refractivity contribution in [2.45, 2.75) is 47.1 Å². The molecule has 3 aromatic carbocycles. The Morgan fingerprint density at radius 1 is 0.892 bits per heavy atom. The summed E-state index contributed by atoms with van der Waals surface area (Å²) in [6.45, 7) is 11.7. The summed E-state index contributed by atoms with van der Waals surface area (Å²) in [6, 6.07) is 19.7. The molecule has 0 fully saturated rings. The minimum atomic E-state index is -0.182. The van der Waals surface area contributed by atoms with Gasteiger partial charge in [0, 0.05) is 5.56 Å². The Balaban J connectivity index is 1.84. The average Bonchev–Trinajstić information content (AvgIpc) is 3.33. The van der Waals surface area contributed by atoms with Gasteiger partial charge in [-0.1, -0.05) is 67.6 Å². The number of para-hydroxylation sites is 1. The minimum absolute atomic E-state index is 0.182. The van der Waals surface area contributed by atoms with E-state index in [1.807, 2.05) is 51.1 Å². The number of thiazole rings is 1. The van der Waals surface area contributed by atoms with Gasteiger partial charge in [-0.2, -0.15) is 0 Å². The van der Waals surface area contributed by atoms with Crippen LogP contribution in [0.15, 0.2) is 60.7 Å². The van der Waals surface area contributed by atoms with Crippen molar-refractivity contribution in [1.29, 1.82) is 0 Å². The Hall–Kier alpha value is -3.58. The van der Waals surface area contributed by atoms with Gasteiger partial charge in [0.05, 0.1) is 36.6 Å². The lowest BCUT2D eigenvalue weighted by Crippen LogP contribution is -2.30. The van der Waals surface area contributed by atoms with Crippen molar-refractivity contribution in [2.75, 3.05) is 24.7 Å². The smallest absolute Gasteiger partial charge is 0.260 e. The van der Waals surface area contributed by atoms with Gasteiger partial charge in [-0.05, 0) is 56.0 Å². The molecule has 4 aromatic rings. The molecule has 0 spiro atoms. The van der Waals surface area contributed by atoms with E-state index in [0.29, 0.717) is 60.2 Å². The lowest BCUT2D eigenvalue weighted by molar-refractivity contribution is 0.0984. The molecule has 0 aliphatic carbocycles. The first-order valence-electron chi connectivity index (χ1n) is 12.8. The Bertz CT molecular complexity index is 1320. The molecule has 0 N–H and O–H groups in total. The van der Waals surface area contributed by atoms with E-state index in [1.165, 1.54) is 16.9 Å². The van der Waals surface area contributed by atoms with Crippen LogP contribution < -0.4 is 19.1 Å². The van der Waals surface area contributed by atoms with Gasteiger partial charge in [0.1, 0.15) is 0 Å². The summed E-state index contributed by atoms with van der Waals surface area (Å²) in [7, 11) is 0. The van der Waals surface area contributed by atoms with E-state index in [9.17, 15) is 4.79 Å². The fourth-order valence-corrected chi connectivity index (χ4v) is 5.20. The zero-order valence-electron chi connectivity index (χ0n) is 22.1. The molecule has 0 aliphatic rings. The molecule has 37 heavy (non-hydrogen) atoms. The fraction of sp³-hybridized carbons (Fsp3) is 0.333. The normalized spacial score (nSPS) is 11.1. The third-order valence-electron chi connectivity index (χ3n) is 5.88. The van der Waals surface area contributed by atoms with E-state index in [-0.39, 0.29) is 5.91 Å². The third-order valence-corrected chi connectivity index (χ3v) is 6.92. The average molecular weight is 519 g/mol. The van der Waals surface area contributed by atoms with Gasteiger partial charge >= 0.3 is 0 Å². The highest BCUT2D eigenvalue weighted by molar-refractivity contribution is 7.22. The number of nitrogens with zero attached hydrogens (tertiary/aromatic N) is 2. The number of benzene rings is 3. The Morgan fingerprint density at radius 3 is 2.14 bits per heavy atom. The Morgan fingerprint density at radius 2 is 1.54 bits per heavy atom. The first-order chi connectivity index (χ1) is 18.0. The summed E-state index contributed by atoms with van der Waals surface area (Å²) in [6.07, 6.45) is 0. The predicted octanol–water partition coefficient (Wildman–Crippen LogP) is 7.46. The van der Waals surface area contributed by atoms with Crippen molar-refractivity contribution in [3.8, 4) is 17.2 Å². The van der Waals surface area contributed by atoms with Crippen LogP contribution >= 0.6 is 11.3 Å². The van der Waals surface area contributed by atoms with Crippen molar-refractivity contribution in [2.24, 2.45) is 0 Å². The molecule has 6 nitrogen and oxygen atoms in total. The van der Waals surface area contributed by atoms with Crippen LogP contribution in [0.4, 0.5) is 5.13 Å². The van der Waals surface area contributed by atoms with E-state index < -0.39 is 0 Å². The number of ether oxygens (including phenoxy) is 3. The molecule has 0 saturated carbocycles. The molecule has 0 atom stereocenters. The van der Waals surface area contributed by atoms with Gasteiger partial charge in [-0.3, -0.25) is 9.69 Å². The maximum Gasteiger partial charge on any atom is 0.260 e. The summed E-state index contributed by atoms with van der Waals surface area (Å²) in [5, 5.41) is 0.654. The maximum absolute atomic E-state index is 14.2. The Kier molecular flexibility index (Phi) is 8.66. The molecule has 0 aliphatic heterocycles. The molecule has 0 bridgehead atoms. The second-order valence-corrected chi connectivity index (χ2v) is 9.83. The van der Waals surface area contributed by atoms with Crippen LogP contribution in [-0.4, -0.2) is 30.7 Å². The largest absolute Gasteiger partial charge is 0.490 e. The zero-order chi connectivity index (χ0) is 26.4. The molecule has 1 amide bonds. The van der Waals surface area contributed by atoms with Crippen molar-refractivity contribution >= 4 is 32.6 Å². The molecule has 0 radical (unpaired) electrons. The topological polar surface area (TPSA) is 60.9 Å². The van der Waals surface area contributed by atoms with Crippen LogP contribution in [0.25, 0.3) is 10.2 Å². The van der Waals surface area contributed by atoms with Gasteiger partial charge in [-0.15, -0.1) is 0 Å². The molecular weight excluding hydrogens is 484 g/mol. The molecule has 4 rings (SSSR count). The summed E-state index contributed by atoms with van der Waals surface area (Å²) >= 11 is 1.53. The number of carbonyl (C=O) groups is 1. The molecular formula is C30H34N2O4S. The van der Waals surface area contributed by atoms with Crippen LogP contribution in [0.1, 0.15) is 62.0 Å². The van der Waals surface area contributed by atoms with Crippen molar-refractivity contribution < 1.29 is 19.0 Å². The van der Waals surface area contributed by atoms with Gasteiger partial charge < -0.3 is 14.2 Å². The number of anilines is 1. The molecule has 0 saturated heterocycles. The third kappa shape index (κ3) is 5.88. The SMILES string of the molecule is CCOc1cc(C(=O)N(Cc2ccccc2)c2nc3c(C(C)C)cccc3s2)cc(OCC)c1OCC. The molecule has 1 heterocycles. The van der Waals surface area contributed by atoms with Gasteiger partial charge in [0.25, 0.3) is 5.91 Å². The second kappa shape index (κ2) is 12.1. The van der Waals surface area contributed by atoms with E-state index in [1.54, 1.807) is 17.0 Å². The predicted molar refractivity (Wildman–Crippen MR) is 151 cm³/mol. The lowest BCUT2D eigenvalue weighted by atomic mass is 10.0. The maximum atomic E-state index is 14.2. The fourth-order valence-electron chi connectivity index (χ4n) is 4.20. The van der Waals surface area contributed by atoms with Crippen LogP contribution in [0.2, 0.25) is 0 Å². The first kappa shape index (κ1) is 26.5. The molecule has 1 aromatic heterocycles. The highest BCUT2D eigenvalue weighted by Crippen LogP contribution is 2.40. The molecule has 194 valence electrons. The summed E-state index contributed by atoms with van der Waals surface area (Å²) in [5.74, 6) is 1.64. The van der Waals surface area contributed by atoms with E-state index in [4.69, 9.17) is 19.2 Å². The zero-order valence-corrected chi connectivity index (χ0v) is 22.9. The van der Waals surface area contributed by atoms with E-state index in [2.05, 4.69) is 32.0 Å². The first-order valence-corrected chi connectivity index (χ1v) is 13.6. The highest BCUT2D eigenvalue weighted by Gasteiger charge is 2.26. The standard InChI is InChI=1S/C30H34N2O4S/c1-6-34-24-17-22(18-25(35-7-2)28(24)36-8-3)29(33)32(19-21-13-10-9-11-14-21)30-31-27-23(20(4)5)15-12-16-26(27)37-30/h9-18,20H,6-8,19H2,1-5H3. The highest BCUT2D eigenvalue weighted by atomic mass is 32.1. The lowest BCUT2D eigenvalue weighted by Gasteiger charge is -2.22. The van der Waals surface area contributed by atoms with Crippen molar-refractivity contribution in [3.63, 3.8) is 0 Å². The molecule has 0 unspecified atom stereocenters. The number of carbonyl (C=O) groups excluding carboxylic acids is 1. The second-order valence-electron chi connectivity index (χ2n) is 8.82. The van der Waals surface area contributed by atoms with E-state index >= 15 is 0 Å². The monoisotopic (exact) mass is 518 g/mol. The Labute approximate surface area is 222 Å². The van der Waals surface area contributed by atoms with Crippen LogP contribution in [0, 0.1) is 0 Å². The quantitative estimate of drug-likeness (QED) is 0.206. The summed E-state index contributed by atoms with van der Waals surface area (Å²) in [5.41, 5.74) is 3.58. The number of hydrogen-bond acceptors (Lipinski definition) is 6. The number of fused-ring (bicyclic) bond motifs is 1. The number of amides is 1.